The first-order valence-electron chi connectivity index (χ1n) is 11.5. The van der Waals surface area contributed by atoms with Crippen LogP contribution in [-0.4, -0.2) is 50.5 Å². The Balaban J connectivity index is 2.43. The lowest BCUT2D eigenvalue weighted by atomic mass is 10.1. The number of rotatable bonds is 12. The van der Waals surface area contributed by atoms with E-state index >= 15 is 0 Å². The molecule has 0 aliphatic rings. The summed E-state index contributed by atoms with van der Waals surface area (Å²) in [7, 11) is -3.87. The Morgan fingerprint density at radius 1 is 1.09 bits per heavy atom. The second kappa shape index (κ2) is 13.1. The van der Waals surface area contributed by atoms with Gasteiger partial charge >= 0.3 is 0 Å². The van der Waals surface area contributed by atoms with Gasteiger partial charge in [0.1, 0.15) is 12.6 Å². The van der Waals surface area contributed by atoms with Crippen LogP contribution in [-0.2, 0) is 26.2 Å². The van der Waals surface area contributed by atoms with Crippen molar-refractivity contribution in [3.05, 3.63) is 63.6 Å². The van der Waals surface area contributed by atoms with E-state index in [9.17, 15) is 18.0 Å². The highest BCUT2D eigenvalue weighted by atomic mass is 35.5. The normalized spacial score (nSPS) is 12.2. The molecule has 0 bridgehead atoms. The zero-order valence-corrected chi connectivity index (χ0v) is 22.9. The number of halogens is 2. The van der Waals surface area contributed by atoms with Crippen LogP contribution in [0, 0.1) is 6.92 Å². The number of aryl methyl sites for hydroxylation is 1. The van der Waals surface area contributed by atoms with Gasteiger partial charge in [0.15, 0.2) is 0 Å². The van der Waals surface area contributed by atoms with Crippen molar-refractivity contribution in [1.82, 2.24) is 10.2 Å². The van der Waals surface area contributed by atoms with Crippen molar-refractivity contribution in [3.8, 4) is 0 Å². The Morgan fingerprint density at radius 2 is 1.80 bits per heavy atom. The van der Waals surface area contributed by atoms with Crippen molar-refractivity contribution >= 4 is 50.7 Å². The third-order valence-electron chi connectivity index (χ3n) is 5.51. The summed E-state index contributed by atoms with van der Waals surface area (Å²) >= 11 is 12.2. The molecule has 0 fully saturated rings. The molecule has 2 aromatic carbocycles. The van der Waals surface area contributed by atoms with Gasteiger partial charge in [-0.2, -0.15) is 0 Å². The minimum Gasteiger partial charge on any atom is -0.354 e. The van der Waals surface area contributed by atoms with Gasteiger partial charge in [-0.1, -0.05) is 73.3 Å². The van der Waals surface area contributed by atoms with Crippen molar-refractivity contribution in [3.63, 3.8) is 0 Å². The Kier molecular flexibility index (Phi) is 10.9. The van der Waals surface area contributed by atoms with Gasteiger partial charge in [-0.15, -0.1) is 0 Å². The van der Waals surface area contributed by atoms with E-state index in [1.165, 1.54) is 23.1 Å². The van der Waals surface area contributed by atoms with Gasteiger partial charge in [-0.05, 0) is 43.5 Å². The molecule has 0 heterocycles. The fraction of sp³-hybridized carbons (Fsp3) is 0.440. The summed E-state index contributed by atoms with van der Waals surface area (Å²) in [5.41, 5.74) is 2.00. The average Bonchev–Trinajstić information content (AvgIpc) is 2.77. The van der Waals surface area contributed by atoms with E-state index < -0.39 is 28.5 Å². The van der Waals surface area contributed by atoms with Crippen molar-refractivity contribution in [2.75, 3.05) is 23.7 Å². The average molecular weight is 543 g/mol. The van der Waals surface area contributed by atoms with E-state index in [-0.39, 0.29) is 23.2 Å². The lowest BCUT2D eigenvalue weighted by molar-refractivity contribution is -0.140. The summed E-state index contributed by atoms with van der Waals surface area (Å²) in [5, 5.41) is 3.34. The van der Waals surface area contributed by atoms with E-state index in [2.05, 4.69) is 5.32 Å². The van der Waals surface area contributed by atoms with Crippen molar-refractivity contribution in [2.45, 2.75) is 52.6 Å². The zero-order valence-electron chi connectivity index (χ0n) is 20.6. The van der Waals surface area contributed by atoms with Crippen LogP contribution >= 0.6 is 23.2 Å². The largest absolute Gasteiger partial charge is 0.354 e. The van der Waals surface area contributed by atoms with E-state index in [1.54, 1.807) is 0 Å². The number of nitrogens with zero attached hydrogens (tertiary/aromatic N) is 2. The smallest absolute Gasteiger partial charge is 0.244 e. The Hall–Kier alpha value is -2.29. The molecule has 1 N–H and O–H groups in total. The molecule has 0 aliphatic heterocycles. The first kappa shape index (κ1) is 28.9. The number of carbonyl (C=O) groups excluding carboxylic acids is 2. The van der Waals surface area contributed by atoms with Gasteiger partial charge in [0.2, 0.25) is 21.8 Å². The lowest BCUT2D eigenvalue weighted by Gasteiger charge is -2.33. The first-order valence-corrected chi connectivity index (χ1v) is 14.1. The predicted molar refractivity (Wildman–Crippen MR) is 142 cm³/mol. The van der Waals surface area contributed by atoms with E-state index in [0.717, 1.165) is 34.5 Å². The number of anilines is 1. The van der Waals surface area contributed by atoms with Gasteiger partial charge in [0.25, 0.3) is 0 Å². The summed E-state index contributed by atoms with van der Waals surface area (Å²) < 4.78 is 26.3. The van der Waals surface area contributed by atoms with Crippen LogP contribution < -0.4 is 9.62 Å². The molecule has 0 radical (unpaired) electrons. The van der Waals surface area contributed by atoms with Crippen molar-refractivity contribution < 1.29 is 18.0 Å². The minimum absolute atomic E-state index is 0.102. The van der Waals surface area contributed by atoms with E-state index in [0.29, 0.717) is 18.0 Å². The molecule has 10 heteroatoms. The highest BCUT2D eigenvalue weighted by molar-refractivity contribution is 7.92. The standard InChI is InChI=1S/C25H33Cl2N3O4S/c1-5-7-13-28-25(32)22(6-2)29(16-19-10-8-9-18(3)14-19)24(31)17-30(35(4,33)34)23-12-11-20(26)15-21(23)27/h8-12,14-15,22H,5-7,13,16-17H2,1-4H3,(H,28,32). The number of unbranched alkanes of at least 4 members (excludes halogenated alkanes) is 1. The molecule has 1 unspecified atom stereocenters. The first-order chi connectivity index (χ1) is 16.5. The third kappa shape index (κ3) is 8.40. The van der Waals surface area contributed by atoms with Gasteiger partial charge in [0.05, 0.1) is 17.0 Å². The molecule has 1 atom stereocenters. The van der Waals surface area contributed by atoms with Gasteiger partial charge in [-0.3, -0.25) is 13.9 Å². The molecule has 2 amide bonds. The molecular formula is C25H33Cl2N3O4S. The summed E-state index contributed by atoms with van der Waals surface area (Å²) in [6.45, 7) is 5.95. The maximum absolute atomic E-state index is 13.6. The monoisotopic (exact) mass is 541 g/mol. The Morgan fingerprint density at radius 3 is 2.37 bits per heavy atom. The molecule has 192 valence electrons. The Bertz CT molecular complexity index is 1140. The van der Waals surface area contributed by atoms with Crippen LogP contribution in [0.1, 0.15) is 44.2 Å². The summed E-state index contributed by atoms with van der Waals surface area (Å²) in [5.74, 6) is -0.780. The van der Waals surface area contributed by atoms with Crippen LogP contribution in [0.15, 0.2) is 42.5 Å². The number of carbonyl (C=O) groups is 2. The second-order valence-electron chi connectivity index (χ2n) is 8.44. The van der Waals surface area contributed by atoms with Gasteiger partial charge in [-0.25, -0.2) is 8.42 Å². The molecule has 35 heavy (non-hydrogen) atoms. The molecular weight excluding hydrogens is 509 g/mol. The van der Waals surface area contributed by atoms with Crippen LogP contribution in [0.2, 0.25) is 10.0 Å². The van der Waals surface area contributed by atoms with Crippen LogP contribution in [0.3, 0.4) is 0 Å². The van der Waals surface area contributed by atoms with Crippen molar-refractivity contribution in [2.24, 2.45) is 0 Å². The number of hydrogen-bond donors (Lipinski definition) is 1. The number of amides is 2. The van der Waals surface area contributed by atoms with E-state index in [1.807, 2.05) is 45.0 Å². The topological polar surface area (TPSA) is 86.8 Å². The fourth-order valence-electron chi connectivity index (χ4n) is 3.71. The summed E-state index contributed by atoms with van der Waals surface area (Å²) in [4.78, 5) is 28.1. The van der Waals surface area contributed by atoms with Crippen molar-refractivity contribution in [1.29, 1.82) is 0 Å². The summed E-state index contributed by atoms with van der Waals surface area (Å²) in [6.07, 6.45) is 3.13. The molecule has 0 spiro atoms. The molecule has 2 rings (SSSR count). The summed E-state index contributed by atoms with van der Waals surface area (Å²) in [6, 6.07) is 11.3. The molecule has 0 aromatic heterocycles. The molecule has 7 nitrogen and oxygen atoms in total. The second-order valence-corrected chi connectivity index (χ2v) is 11.2. The molecule has 0 saturated carbocycles. The highest BCUT2D eigenvalue weighted by Gasteiger charge is 2.32. The highest BCUT2D eigenvalue weighted by Crippen LogP contribution is 2.30. The van der Waals surface area contributed by atoms with Crippen LogP contribution in [0.25, 0.3) is 0 Å². The van der Waals surface area contributed by atoms with Gasteiger partial charge in [0, 0.05) is 18.1 Å². The van der Waals surface area contributed by atoms with Crippen LogP contribution in [0.4, 0.5) is 5.69 Å². The predicted octanol–water partition coefficient (Wildman–Crippen LogP) is 4.79. The Labute approximate surface area is 218 Å². The molecule has 0 aliphatic carbocycles. The minimum atomic E-state index is -3.87. The third-order valence-corrected chi connectivity index (χ3v) is 7.17. The fourth-order valence-corrected chi connectivity index (χ4v) is 5.13. The van der Waals surface area contributed by atoms with E-state index in [4.69, 9.17) is 23.2 Å². The molecule has 2 aromatic rings. The quantitative estimate of drug-likeness (QED) is 0.391. The number of sulfonamides is 1. The maximum atomic E-state index is 13.6. The SMILES string of the molecule is CCCCNC(=O)C(CC)N(Cc1cccc(C)c1)C(=O)CN(c1ccc(Cl)cc1Cl)S(C)(=O)=O. The molecule has 0 saturated heterocycles. The maximum Gasteiger partial charge on any atom is 0.244 e. The number of nitrogens with one attached hydrogen (secondary N) is 1. The zero-order chi connectivity index (χ0) is 26.2. The number of hydrogen-bond acceptors (Lipinski definition) is 4. The van der Waals surface area contributed by atoms with Gasteiger partial charge < -0.3 is 10.2 Å². The number of benzene rings is 2. The van der Waals surface area contributed by atoms with Crippen LogP contribution in [0.5, 0.6) is 0 Å². The lowest BCUT2D eigenvalue weighted by Crippen LogP contribution is -2.52.